The van der Waals surface area contributed by atoms with Gasteiger partial charge < -0.3 is 18.6 Å². The van der Waals surface area contributed by atoms with Crippen LogP contribution in [0.4, 0.5) is 6.01 Å². The van der Waals surface area contributed by atoms with Crippen LogP contribution in [0.2, 0.25) is 5.02 Å². The summed E-state index contributed by atoms with van der Waals surface area (Å²) < 4.78 is 21.8. The highest BCUT2D eigenvalue weighted by atomic mass is 35.5. The molecule has 4 rings (SSSR count). The van der Waals surface area contributed by atoms with E-state index >= 15 is 0 Å². The van der Waals surface area contributed by atoms with Crippen LogP contribution in [0, 0.1) is 0 Å². The molecule has 0 bridgehead atoms. The average Bonchev–Trinajstić information content (AvgIpc) is 3.15. The minimum atomic E-state index is -0.428. The highest BCUT2D eigenvalue weighted by Crippen LogP contribution is 2.34. The average molecular weight is 388 g/mol. The second kappa shape index (κ2) is 7.55. The van der Waals surface area contributed by atoms with Crippen LogP contribution in [-0.4, -0.2) is 35.9 Å². The van der Waals surface area contributed by atoms with Crippen LogP contribution in [-0.2, 0) is 4.79 Å². The van der Waals surface area contributed by atoms with Crippen molar-refractivity contribution < 1.29 is 23.4 Å². The summed E-state index contributed by atoms with van der Waals surface area (Å²) in [6.45, 7) is 0.791. The number of nitrogens with zero attached hydrogens (tertiary/aromatic N) is 2. The van der Waals surface area contributed by atoms with Gasteiger partial charge in [-0.3, -0.25) is 10.1 Å². The van der Waals surface area contributed by atoms with Crippen molar-refractivity contribution in [3.8, 4) is 28.7 Å². The number of ether oxygens (including phenoxy) is 3. The van der Waals surface area contributed by atoms with E-state index in [1.165, 1.54) is 0 Å². The van der Waals surface area contributed by atoms with Gasteiger partial charge in [-0.05, 0) is 42.5 Å². The van der Waals surface area contributed by atoms with Crippen molar-refractivity contribution in [1.82, 2.24) is 10.2 Å². The molecule has 1 aliphatic heterocycles. The Balaban J connectivity index is 1.37. The fourth-order valence-corrected chi connectivity index (χ4v) is 2.53. The van der Waals surface area contributed by atoms with Gasteiger partial charge in [0.15, 0.2) is 18.1 Å². The Kier molecular flexibility index (Phi) is 4.80. The molecule has 9 heteroatoms. The lowest BCUT2D eigenvalue weighted by molar-refractivity contribution is -0.118. The molecule has 1 aliphatic rings. The SMILES string of the molecule is O=C(COc1ccc(Cl)cc1)Nc1nnc(-c2ccc3c(c2)OCCO3)o1. The first-order valence-electron chi connectivity index (χ1n) is 8.09. The minimum absolute atomic E-state index is 0.0235. The molecule has 27 heavy (non-hydrogen) atoms. The van der Waals surface area contributed by atoms with E-state index in [4.69, 9.17) is 30.2 Å². The van der Waals surface area contributed by atoms with Crippen molar-refractivity contribution in [3.05, 3.63) is 47.5 Å². The molecule has 0 saturated carbocycles. The number of halogens is 1. The number of amides is 1. The Morgan fingerprint density at radius 2 is 1.85 bits per heavy atom. The zero-order valence-corrected chi connectivity index (χ0v) is 14.7. The number of hydrogen-bond acceptors (Lipinski definition) is 7. The lowest BCUT2D eigenvalue weighted by atomic mass is 10.2. The first-order valence-corrected chi connectivity index (χ1v) is 8.47. The summed E-state index contributed by atoms with van der Waals surface area (Å²) in [5.74, 6) is 1.62. The Hall–Kier alpha value is -3.26. The summed E-state index contributed by atoms with van der Waals surface area (Å²) in [6, 6.07) is 12.0. The molecule has 0 unspecified atom stereocenters. The van der Waals surface area contributed by atoms with Crippen LogP contribution in [0.3, 0.4) is 0 Å². The molecular weight excluding hydrogens is 374 g/mol. The molecule has 1 amide bonds. The maximum Gasteiger partial charge on any atom is 0.322 e. The summed E-state index contributed by atoms with van der Waals surface area (Å²) in [6.07, 6.45) is 0. The first-order chi connectivity index (χ1) is 13.2. The summed E-state index contributed by atoms with van der Waals surface area (Å²) in [5.41, 5.74) is 0.657. The van der Waals surface area contributed by atoms with Crippen molar-refractivity contribution in [2.45, 2.75) is 0 Å². The number of benzene rings is 2. The van der Waals surface area contributed by atoms with Crippen molar-refractivity contribution in [3.63, 3.8) is 0 Å². The Morgan fingerprint density at radius 1 is 1.07 bits per heavy atom. The summed E-state index contributed by atoms with van der Waals surface area (Å²) in [5, 5.41) is 10.8. The number of hydrogen-bond donors (Lipinski definition) is 1. The number of fused-ring (bicyclic) bond motifs is 1. The van der Waals surface area contributed by atoms with Crippen molar-refractivity contribution in [1.29, 1.82) is 0 Å². The van der Waals surface area contributed by atoms with E-state index in [2.05, 4.69) is 15.5 Å². The van der Waals surface area contributed by atoms with Crippen LogP contribution in [0.15, 0.2) is 46.9 Å². The number of carbonyl (C=O) groups is 1. The van der Waals surface area contributed by atoms with E-state index in [0.717, 1.165) is 0 Å². The van der Waals surface area contributed by atoms with Gasteiger partial charge in [0.2, 0.25) is 5.89 Å². The number of anilines is 1. The van der Waals surface area contributed by atoms with E-state index in [1.807, 2.05) is 0 Å². The molecule has 0 spiro atoms. The van der Waals surface area contributed by atoms with E-state index < -0.39 is 5.91 Å². The van der Waals surface area contributed by atoms with Crippen molar-refractivity contribution in [2.75, 3.05) is 25.1 Å². The van der Waals surface area contributed by atoms with Gasteiger partial charge in [-0.1, -0.05) is 16.7 Å². The molecule has 0 radical (unpaired) electrons. The van der Waals surface area contributed by atoms with Gasteiger partial charge in [-0.2, -0.15) is 0 Å². The highest BCUT2D eigenvalue weighted by Gasteiger charge is 2.16. The zero-order chi connectivity index (χ0) is 18.6. The Morgan fingerprint density at radius 3 is 2.67 bits per heavy atom. The summed E-state index contributed by atoms with van der Waals surface area (Å²) >= 11 is 5.80. The van der Waals surface area contributed by atoms with Crippen molar-refractivity contribution >= 4 is 23.5 Å². The topological polar surface area (TPSA) is 95.7 Å². The van der Waals surface area contributed by atoms with E-state index in [0.29, 0.717) is 41.0 Å². The van der Waals surface area contributed by atoms with Gasteiger partial charge in [0.05, 0.1) is 0 Å². The van der Waals surface area contributed by atoms with Gasteiger partial charge >= 0.3 is 6.01 Å². The predicted octanol–water partition coefficient (Wildman–Crippen LogP) is 3.18. The van der Waals surface area contributed by atoms with Crippen molar-refractivity contribution in [2.24, 2.45) is 0 Å². The largest absolute Gasteiger partial charge is 0.486 e. The predicted molar refractivity (Wildman–Crippen MR) is 96.3 cm³/mol. The number of aromatic nitrogens is 2. The fraction of sp³-hybridized carbons (Fsp3) is 0.167. The van der Waals surface area contributed by atoms with E-state index in [-0.39, 0.29) is 18.5 Å². The third-order valence-corrected chi connectivity index (χ3v) is 3.90. The second-order valence-corrected chi connectivity index (χ2v) is 6.00. The van der Waals surface area contributed by atoms with Gasteiger partial charge in [-0.15, -0.1) is 5.10 Å². The molecule has 0 saturated heterocycles. The molecule has 3 aromatic rings. The van der Waals surface area contributed by atoms with E-state index in [1.54, 1.807) is 42.5 Å². The highest BCUT2D eigenvalue weighted by molar-refractivity contribution is 6.30. The Bertz CT molecular complexity index is 958. The molecule has 0 aliphatic carbocycles. The van der Waals surface area contributed by atoms with Crippen LogP contribution in [0.25, 0.3) is 11.5 Å². The number of rotatable bonds is 5. The van der Waals surface area contributed by atoms with Gasteiger partial charge in [0.25, 0.3) is 5.91 Å². The molecule has 1 aromatic heterocycles. The molecule has 8 nitrogen and oxygen atoms in total. The normalized spacial score (nSPS) is 12.5. The number of nitrogens with one attached hydrogen (secondary N) is 1. The molecule has 2 aromatic carbocycles. The maximum absolute atomic E-state index is 12.0. The van der Waals surface area contributed by atoms with Gasteiger partial charge in [-0.25, -0.2) is 0 Å². The number of carbonyl (C=O) groups excluding carboxylic acids is 1. The smallest absolute Gasteiger partial charge is 0.322 e. The van der Waals surface area contributed by atoms with Crippen LogP contribution < -0.4 is 19.5 Å². The standard InChI is InChI=1S/C18H14ClN3O5/c19-12-2-4-13(5-3-12)26-10-16(23)20-18-22-21-17(27-18)11-1-6-14-15(9-11)25-8-7-24-14/h1-6,9H,7-8,10H2,(H,20,22,23). The third kappa shape index (κ3) is 4.12. The van der Waals surface area contributed by atoms with E-state index in [9.17, 15) is 4.79 Å². The van der Waals surface area contributed by atoms with Crippen LogP contribution in [0.5, 0.6) is 17.2 Å². The van der Waals surface area contributed by atoms with Crippen LogP contribution >= 0.6 is 11.6 Å². The molecule has 138 valence electrons. The molecule has 1 N–H and O–H groups in total. The minimum Gasteiger partial charge on any atom is -0.486 e. The summed E-state index contributed by atoms with van der Waals surface area (Å²) in [4.78, 5) is 12.0. The molecule has 2 heterocycles. The van der Waals surface area contributed by atoms with Crippen LogP contribution in [0.1, 0.15) is 0 Å². The summed E-state index contributed by atoms with van der Waals surface area (Å²) in [7, 11) is 0. The lowest BCUT2D eigenvalue weighted by Gasteiger charge is -2.18. The third-order valence-electron chi connectivity index (χ3n) is 3.64. The molecule has 0 fully saturated rings. The maximum atomic E-state index is 12.0. The Labute approximate surface area is 159 Å². The zero-order valence-electron chi connectivity index (χ0n) is 14.0. The van der Waals surface area contributed by atoms with Gasteiger partial charge in [0.1, 0.15) is 19.0 Å². The van der Waals surface area contributed by atoms with Gasteiger partial charge in [0, 0.05) is 10.6 Å². The molecular formula is C18H14ClN3O5. The fourth-order valence-electron chi connectivity index (χ4n) is 2.40. The first kappa shape index (κ1) is 17.2. The quantitative estimate of drug-likeness (QED) is 0.718. The lowest BCUT2D eigenvalue weighted by Crippen LogP contribution is -2.20. The molecule has 0 atom stereocenters. The monoisotopic (exact) mass is 387 g/mol. The second-order valence-electron chi connectivity index (χ2n) is 5.56.